The molecule has 1 unspecified atom stereocenters. The average Bonchev–Trinajstić information content (AvgIpc) is 2.80. The van der Waals surface area contributed by atoms with Gasteiger partial charge in [0, 0.05) is 4.47 Å². The monoisotopic (exact) mass is 388 g/mol. The quantitative estimate of drug-likeness (QED) is 0.816. The van der Waals surface area contributed by atoms with E-state index in [4.69, 9.17) is 4.74 Å². The van der Waals surface area contributed by atoms with Gasteiger partial charge in [0.1, 0.15) is 11.3 Å². The zero-order valence-electron chi connectivity index (χ0n) is 13.4. The number of hydrogen-bond acceptors (Lipinski definition) is 3. The predicted molar refractivity (Wildman–Crippen MR) is 93.6 cm³/mol. The molecule has 2 aromatic rings. The van der Waals surface area contributed by atoms with E-state index in [-0.39, 0.29) is 12.5 Å². The molecule has 0 aliphatic carbocycles. The first-order valence-corrected chi connectivity index (χ1v) is 8.26. The Morgan fingerprint density at radius 1 is 1.17 bits per heavy atom. The van der Waals surface area contributed by atoms with Crippen LogP contribution in [-0.2, 0) is 16.9 Å². The molecule has 5 nitrogen and oxygen atoms in total. The molecule has 0 radical (unpaired) electrons. The molecule has 1 N–H and O–H groups in total. The average molecular weight is 389 g/mol. The minimum atomic E-state index is -1.06. The summed E-state index contributed by atoms with van der Waals surface area (Å²) in [7, 11) is 1.59. The molecule has 1 aliphatic heterocycles. The lowest BCUT2D eigenvalue weighted by atomic mass is 9.92. The summed E-state index contributed by atoms with van der Waals surface area (Å²) in [5.41, 5.74) is 0.540. The molecule has 6 heteroatoms. The van der Waals surface area contributed by atoms with Gasteiger partial charge in [-0.25, -0.2) is 4.79 Å². The second-order valence-electron chi connectivity index (χ2n) is 5.80. The third-order valence-electron chi connectivity index (χ3n) is 4.18. The van der Waals surface area contributed by atoms with E-state index in [0.717, 1.165) is 21.3 Å². The summed E-state index contributed by atoms with van der Waals surface area (Å²) in [5, 5.41) is 2.81. The highest BCUT2D eigenvalue weighted by molar-refractivity contribution is 9.10. The van der Waals surface area contributed by atoms with Gasteiger partial charge in [0.05, 0.1) is 13.7 Å². The molecular formula is C18H17BrN2O3. The lowest BCUT2D eigenvalue weighted by molar-refractivity contribution is -0.131. The topological polar surface area (TPSA) is 58.6 Å². The number of halogens is 1. The Morgan fingerprint density at radius 3 is 2.50 bits per heavy atom. The van der Waals surface area contributed by atoms with Gasteiger partial charge in [-0.1, -0.05) is 40.2 Å². The maximum atomic E-state index is 12.9. The number of hydrogen-bond donors (Lipinski definition) is 1. The smallest absolute Gasteiger partial charge is 0.325 e. The van der Waals surface area contributed by atoms with Gasteiger partial charge in [-0.2, -0.15) is 0 Å². The van der Waals surface area contributed by atoms with Crippen LogP contribution < -0.4 is 10.1 Å². The number of ether oxygens (including phenoxy) is 1. The van der Waals surface area contributed by atoms with Gasteiger partial charge in [0.25, 0.3) is 5.91 Å². The van der Waals surface area contributed by atoms with E-state index in [1.54, 1.807) is 26.2 Å². The van der Waals surface area contributed by atoms with E-state index in [1.807, 2.05) is 36.4 Å². The van der Waals surface area contributed by atoms with E-state index in [0.29, 0.717) is 0 Å². The summed E-state index contributed by atoms with van der Waals surface area (Å²) in [6, 6.07) is 14.3. The Hall–Kier alpha value is -2.34. The summed E-state index contributed by atoms with van der Waals surface area (Å²) in [5.74, 6) is 0.469. The van der Waals surface area contributed by atoms with Gasteiger partial charge in [-0.05, 0) is 42.3 Å². The molecule has 3 amide bonds. The fourth-order valence-corrected chi connectivity index (χ4v) is 3.15. The minimum absolute atomic E-state index is 0.220. The molecule has 1 atom stereocenters. The van der Waals surface area contributed by atoms with Crippen LogP contribution in [0.2, 0.25) is 0 Å². The zero-order valence-corrected chi connectivity index (χ0v) is 15.0. The van der Waals surface area contributed by atoms with Crippen molar-refractivity contribution in [3.63, 3.8) is 0 Å². The first-order chi connectivity index (χ1) is 11.4. The Balaban J connectivity index is 1.85. The highest BCUT2D eigenvalue weighted by atomic mass is 79.9. The molecule has 0 saturated carbocycles. The van der Waals surface area contributed by atoms with Crippen molar-refractivity contribution >= 4 is 27.9 Å². The van der Waals surface area contributed by atoms with Crippen molar-refractivity contribution in [2.24, 2.45) is 0 Å². The molecule has 1 aliphatic rings. The van der Waals surface area contributed by atoms with E-state index >= 15 is 0 Å². The first-order valence-electron chi connectivity index (χ1n) is 7.47. The summed E-state index contributed by atoms with van der Waals surface area (Å²) in [4.78, 5) is 26.5. The maximum Gasteiger partial charge on any atom is 0.325 e. The number of carbonyl (C=O) groups excluding carboxylic acids is 2. The molecule has 2 aromatic carbocycles. The molecule has 124 valence electrons. The number of methoxy groups -OCH3 is 1. The van der Waals surface area contributed by atoms with Crippen molar-refractivity contribution in [1.29, 1.82) is 0 Å². The number of rotatable bonds is 4. The number of imide groups is 1. The number of carbonyl (C=O) groups is 2. The molecule has 1 saturated heterocycles. The molecule has 1 fully saturated rings. The van der Waals surface area contributed by atoms with Crippen molar-refractivity contribution in [3.05, 3.63) is 64.1 Å². The summed E-state index contributed by atoms with van der Waals surface area (Å²) < 4.78 is 5.98. The van der Waals surface area contributed by atoms with Crippen molar-refractivity contribution in [1.82, 2.24) is 10.2 Å². The third-order valence-corrected chi connectivity index (χ3v) is 4.67. The van der Waals surface area contributed by atoms with Crippen LogP contribution in [0.3, 0.4) is 0 Å². The Bertz CT molecular complexity index is 791. The summed E-state index contributed by atoms with van der Waals surface area (Å²) in [6.45, 7) is 1.95. The number of benzene rings is 2. The highest BCUT2D eigenvalue weighted by Gasteiger charge is 2.48. The van der Waals surface area contributed by atoms with Crippen LogP contribution in [0.5, 0.6) is 5.75 Å². The van der Waals surface area contributed by atoms with Crippen molar-refractivity contribution in [2.75, 3.05) is 7.11 Å². The van der Waals surface area contributed by atoms with Crippen LogP contribution in [0.4, 0.5) is 4.79 Å². The predicted octanol–water partition coefficient (Wildman–Crippen LogP) is 3.42. The van der Waals surface area contributed by atoms with E-state index in [2.05, 4.69) is 21.2 Å². The molecule has 24 heavy (non-hydrogen) atoms. The fourth-order valence-electron chi connectivity index (χ4n) is 2.75. The largest absolute Gasteiger partial charge is 0.497 e. The second-order valence-corrected chi connectivity index (χ2v) is 6.72. The van der Waals surface area contributed by atoms with Gasteiger partial charge in [0.15, 0.2) is 0 Å². The highest BCUT2D eigenvalue weighted by Crippen LogP contribution is 2.31. The van der Waals surface area contributed by atoms with Gasteiger partial charge >= 0.3 is 6.03 Å². The van der Waals surface area contributed by atoms with E-state index < -0.39 is 11.6 Å². The van der Waals surface area contributed by atoms with E-state index in [9.17, 15) is 9.59 Å². The van der Waals surface area contributed by atoms with Crippen molar-refractivity contribution in [2.45, 2.75) is 19.0 Å². The SMILES string of the molecule is COc1ccc(CN2C(=O)NC(C)(c3cccc(Br)c3)C2=O)cc1. The molecule has 0 bridgehead atoms. The third kappa shape index (κ3) is 2.89. The Kier molecular flexibility index (Phi) is 4.32. The standard InChI is InChI=1S/C18H17BrN2O3/c1-18(13-4-3-5-14(19)10-13)16(22)21(17(23)20-18)11-12-6-8-15(24-2)9-7-12/h3-10H,11H2,1-2H3,(H,20,23). The van der Waals surface area contributed by atoms with Gasteiger partial charge in [0.2, 0.25) is 0 Å². The number of amides is 3. The van der Waals surface area contributed by atoms with Crippen molar-refractivity contribution in [3.8, 4) is 5.75 Å². The summed E-state index contributed by atoms with van der Waals surface area (Å²) >= 11 is 3.40. The maximum absolute atomic E-state index is 12.9. The van der Waals surface area contributed by atoms with Crippen LogP contribution >= 0.6 is 15.9 Å². The second kappa shape index (κ2) is 6.28. The fraction of sp³-hybridized carbons (Fsp3) is 0.222. The van der Waals surface area contributed by atoms with Crippen LogP contribution in [0.15, 0.2) is 53.0 Å². The van der Waals surface area contributed by atoms with Crippen molar-refractivity contribution < 1.29 is 14.3 Å². The Labute approximate surface area is 148 Å². The van der Waals surface area contributed by atoms with Gasteiger partial charge in [-0.15, -0.1) is 0 Å². The molecule has 0 aromatic heterocycles. The van der Waals surface area contributed by atoms with Crippen LogP contribution in [-0.4, -0.2) is 23.9 Å². The first kappa shape index (κ1) is 16.5. The number of nitrogens with zero attached hydrogens (tertiary/aromatic N) is 1. The number of nitrogens with one attached hydrogen (secondary N) is 1. The molecule has 0 spiro atoms. The minimum Gasteiger partial charge on any atom is -0.497 e. The van der Waals surface area contributed by atoms with Crippen LogP contribution in [0.25, 0.3) is 0 Å². The molecule has 1 heterocycles. The summed E-state index contributed by atoms with van der Waals surface area (Å²) in [6.07, 6.45) is 0. The normalized spacial score (nSPS) is 20.2. The van der Waals surface area contributed by atoms with Crippen LogP contribution in [0.1, 0.15) is 18.1 Å². The zero-order chi connectivity index (χ0) is 17.3. The lowest BCUT2D eigenvalue weighted by Gasteiger charge is -2.22. The molecule has 3 rings (SSSR count). The lowest BCUT2D eigenvalue weighted by Crippen LogP contribution is -2.40. The van der Waals surface area contributed by atoms with Crippen LogP contribution in [0, 0.1) is 0 Å². The van der Waals surface area contributed by atoms with Gasteiger partial charge < -0.3 is 10.1 Å². The molecular weight excluding hydrogens is 372 g/mol. The Morgan fingerprint density at radius 2 is 1.88 bits per heavy atom. The van der Waals surface area contributed by atoms with Gasteiger partial charge in [-0.3, -0.25) is 9.69 Å². The van der Waals surface area contributed by atoms with E-state index in [1.165, 1.54) is 4.90 Å². The number of urea groups is 1.